The molecule has 1 aromatic carbocycles. The van der Waals surface area contributed by atoms with Crippen LogP contribution in [0.1, 0.15) is 12.8 Å². The van der Waals surface area contributed by atoms with Crippen molar-refractivity contribution in [2.24, 2.45) is 0 Å². The normalized spacial score (nSPS) is 16.1. The average molecular weight is 297 g/mol. The highest BCUT2D eigenvalue weighted by Crippen LogP contribution is 2.21. The Bertz CT molecular complexity index is 541. The van der Waals surface area contributed by atoms with Crippen molar-refractivity contribution in [3.8, 4) is 5.75 Å². The van der Waals surface area contributed by atoms with Crippen molar-refractivity contribution in [3.05, 3.63) is 37.4 Å². The topological polar surface area (TPSA) is 63.7 Å². The van der Waals surface area contributed by atoms with Crippen LogP contribution in [0, 0.1) is 0 Å². The number of hydrogen-bond acceptors (Lipinski definition) is 4. The summed E-state index contributed by atoms with van der Waals surface area (Å²) >= 11 is 0. The van der Waals surface area contributed by atoms with Crippen LogP contribution in [0.3, 0.4) is 0 Å². The SMILES string of the molecule is C=C.COc1ccc(S(=O)(=O)N2CCC(=O)CC2)cc1. The highest BCUT2D eigenvalue weighted by atomic mass is 32.2. The summed E-state index contributed by atoms with van der Waals surface area (Å²) < 4.78 is 30.9. The van der Waals surface area contributed by atoms with Crippen LogP contribution in [0.2, 0.25) is 0 Å². The Morgan fingerprint density at radius 3 is 2.05 bits per heavy atom. The van der Waals surface area contributed by atoms with Crippen molar-refractivity contribution in [3.63, 3.8) is 0 Å². The third kappa shape index (κ3) is 3.68. The lowest BCUT2D eigenvalue weighted by molar-refractivity contribution is -0.120. The summed E-state index contributed by atoms with van der Waals surface area (Å²) in [6, 6.07) is 6.26. The molecule has 6 heteroatoms. The summed E-state index contributed by atoms with van der Waals surface area (Å²) in [6.45, 7) is 6.54. The van der Waals surface area contributed by atoms with Gasteiger partial charge in [-0.2, -0.15) is 4.31 Å². The van der Waals surface area contributed by atoms with E-state index in [1.165, 1.54) is 23.5 Å². The van der Waals surface area contributed by atoms with Gasteiger partial charge in [-0.05, 0) is 24.3 Å². The molecule has 0 radical (unpaired) electrons. The van der Waals surface area contributed by atoms with Gasteiger partial charge in [-0.3, -0.25) is 4.79 Å². The van der Waals surface area contributed by atoms with Crippen LogP contribution in [0.15, 0.2) is 42.3 Å². The summed E-state index contributed by atoms with van der Waals surface area (Å²) in [5, 5.41) is 0. The van der Waals surface area contributed by atoms with E-state index in [0.29, 0.717) is 18.6 Å². The summed E-state index contributed by atoms with van der Waals surface area (Å²) in [7, 11) is -1.96. The fraction of sp³-hybridized carbons (Fsp3) is 0.357. The lowest BCUT2D eigenvalue weighted by Crippen LogP contribution is -2.38. The second-order valence-corrected chi connectivity index (χ2v) is 6.06. The number of hydrogen-bond donors (Lipinski definition) is 0. The van der Waals surface area contributed by atoms with Gasteiger partial charge in [0.25, 0.3) is 0 Å². The second kappa shape index (κ2) is 7.21. The van der Waals surface area contributed by atoms with Gasteiger partial charge in [-0.1, -0.05) is 0 Å². The maximum absolute atomic E-state index is 12.3. The smallest absolute Gasteiger partial charge is 0.243 e. The minimum absolute atomic E-state index is 0.121. The molecule has 0 aromatic heterocycles. The van der Waals surface area contributed by atoms with Crippen LogP contribution in [0.5, 0.6) is 5.75 Å². The third-order valence-corrected chi connectivity index (χ3v) is 4.89. The number of ether oxygens (including phenoxy) is 1. The Morgan fingerprint density at radius 2 is 1.60 bits per heavy atom. The number of Topliss-reactive ketones (excluding diaryl/α,β-unsaturated/α-hetero) is 1. The number of carbonyl (C=O) groups is 1. The van der Waals surface area contributed by atoms with Gasteiger partial charge in [0.05, 0.1) is 12.0 Å². The van der Waals surface area contributed by atoms with E-state index in [0.717, 1.165) is 0 Å². The van der Waals surface area contributed by atoms with Crippen molar-refractivity contribution >= 4 is 15.8 Å². The zero-order valence-electron chi connectivity index (χ0n) is 11.5. The molecular weight excluding hydrogens is 278 g/mol. The van der Waals surface area contributed by atoms with E-state index in [-0.39, 0.29) is 23.8 Å². The molecule has 1 aromatic rings. The fourth-order valence-corrected chi connectivity index (χ4v) is 3.31. The first kappa shape index (κ1) is 16.4. The predicted octanol–water partition coefficient (Wildman–Crippen LogP) is 1.85. The number of benzene rings is 1. The number of sulfonamides is 1. The van der Waals surface area contributed by atoms with Gasteiger partial charge in [-0.25, -0.2) is 8.42 Å². The number of piperidine rings is 1. The number of carbonyl (C=O) groups excluding carboxylic acids is 1. The molecule has 0 unspecified atom stereocenters. The molecule has 0 N–H and O–H groups in total. The Hall–Kier alpha value is -1.66. The third-order valence-electron chi connectivity index (χ3n) is 2.98. The molecule has 1 aliphatic rings. The van der Waals surface area contributed by atoms with Crippen LogP contribution in [-0.4, -0.2) is 38.7 Å². The van der Waals surface area contributed by atoms with E-state index in [2.05, 4.69) is 13.2 Å². The largest absolute Gasteiger partial charge is 0.497 e. The molecule has 1 fully saturated rings. The summed E-state index contributed by atoms with van der Waals surface area (Å²) in [6.07, 6.45) is 0.602. The van der Waals surface area contributed by atoms with Gasteiger partial charge in [-0.15, -0.1) is 13.2 Å². The van der Waals surface area contributed by atoms with Gasteiger partial charge < -0.3 is 4.74 Å². The van der Waals surface area contributed by atoms with Gasteiger partial charge >= 0.3 is 0 Å². The maximum atomic E-state index is 12.3. The Morgan fingerprint density at radius 1 is 1.10 bits per heavy atom. The molecule has 2 rings (SSSR count). The predicted molar refractivity (Wildman–Crippen MR) is 77.2 cm³/mol. The summed E-state index contributed by atoms with van der Waals surface area (Å²) in [4.78, 5) is 11.4. The van der Waals surface area contributed by atoms with Gasteiger partial charge in [0, 0.05) is 25.9 Å². The number of methoxy groups -OCH3 is 1. The molecule has 0 aliphatic carbocycles. The number of rotatable bonds is 3. The molecule has 0 saturated carbocycles. The van der Waals surface area contributed by atoms with E-state index < -0.39 is 10.0 Å². The van der Waals surface area contributed by atoms with Crippen molar-refractivity contribution in [2.45, 2.75) is 17.7 Å². The van der Waals surface area contributed by atoms with Crippen molar-refractivity contribution in [1.29, 1.82) is 0 Å². The minimum Gasteiger partial charge on any atom is -0.497 e. The lowest BCUT2D eigenvalue weighted by atomic mass is 10.1. The zero-order valence-corrected chi connectivity index (χ0v) is 12.4. The standard InChI is InChI=1S/C12H15NO4S.C2H4/c1-17-11-2-4-12(5-3-11)18(15,16)13-8-6-10(14)7-9-13;1-2/h2-5H,6-9H2,1H3;1-2H2. The first-order valence-electron chi connectivity index (χ1n) is 6.20. The Kier molecular flexibility index (Phi) is 5.91. The van der Waals surface area contributed by atoms with E-state index in [9.17, 15) is 13.2 Å². The molecule has 1 heterocycles. The second-order valence-electron chi connectivity index (χ2n) is 4.12. The molecule has 0 bridgehead atoms. The van der Waals surface area contributed by atoms with E-state index in [4.69, 9.17) is 4.74 Å². The first-order valence-corrected chi connectivity index (χ1v) is 7.64. The Labute approximate surface area is 119 Å². The van der Waals surface area contributed by atoms with Crippen molar-refractivity contribution < 1.29 is 17.9 Å². The summed E-state index contributed by atoms with van der Waals surface area (Å²) in [5.41, 5.74) is 0. The van der Waals surface area contributed by atoms with Gasteiger partial charge in [0.2, 0.25) is 10.0 Å². The van der Waals surface area contributed by atoms with Crippen LogP contribution < -0.4 is 4.74 Å². The molecule has 1 saturated heterocycles. The van der Waals surface area contributed by atoms with Crippen LogP contribution in [-0.2, 0) is 14.8 Å². The Balaban J connectivity index is 0.000000956. The maximum Gasteiger partial charge on any atom is 0.243 e. The molecule has 1 aliphatic heterocycles. The molecule has 5 nitrogen and oxygen atoms in total. The zero-order chi connectivity index (χ0) is 15.2. The van der Waals surface area contributed by atoms with Gasteiger partial charge in [0.15, 0.2) is 0 Å². The fourth-order valence-electron chi connectivity index (χ4n) is 1.87. The number of nitrogens with zero attached hydrogens (tertiary/aromatic N) is 1. The van der Waals surface area contributed by atoms with Crippen LogP contribution in [0.4, 0.5) is 0 Å². The van der Waals surface area contributed by atoms with E-state index in [1.54, 1.807) is 12.1 Å². The molecule has 110 valence electrons. The minimum atomic E-state index is -3.48. The lowest BCUT2D eigenvalue weighted by Gasteiger charge is -2.25. The van der Waals surface area contributed by atoms with Crippen molar-refractivity contribution in [1.82, 2.24) is 4.31 Å². The summed E-state index contributed by atoms with van der Waals surface area (Å²) in [5.74, 6) is 0.735. The molecular formula is C14H19NO4S. The van der Waals surface area contributed by atoms with E-state index in [1.807, 2.05) is 0 Å². The monoisotopic (exact) mass is 297 g/mol. The first-order chi connectivity index (χ1) is 9.54. The highest BCUT2D eigenvalue weighted by Gasteiger charge is 2.28. The highest BCUT2D eigenvalue weighted by molar-refractivity contribution is 7.89. The van der Waals surface area contributed by atoms with E-state index >= 15 is 0 Å². The quantitative estimate of drug-likeness (QED) is 0.799. The molecule has 0 spiro atoms. The van der Waals surface area contributed by atoms with Crippen LogP contribution in [0.25, 0.3) is 0 Å². The number of ketones is 1. The average Bonchev–Trinajstić information content (AvgIpc) is 2.50. The van der Waals surface area contributed by atoms with Gasteiger partial charge in [0.1, 0.15) is 11.5 Å². The molecule has 0 atom stereocenters. The molecule has 20 heavy (non-hydrogen) atoms. The van der Waals surface area contributed by atoms with Crippen molar-refractivity contribution in [2.75, 3.05) is 20.2 Å². The van der Waals surface area contributed by atoms with Crippen LogP contribution >= 0.6 is 0 Å². The molecule has 0 amide bonds.